The predicted octanol–water partition coefficient (Wildman–Crippen LogP) is 3.54. The van der Waals surface area contributed by atoms with Gasteiger partial charge in [-0.1, -0.05) is 18.5 Å². The first-order valence-electron chi connectivity index (χ1n) is 6.34. The van der Waals surface area contributed by atoms with Crippen LogP contribution in [0, 0.1) is 0 Å². The molecule has 2 aromatic rings. The van der Waals surface area contributed by atoms with Crippen LogP contribution >= 0.6 is 11.6 Å². The average Bonchev–Trinajstić information content (AvgIpc) is 2.39. The molecule has 2 rings (SSSR count). The number of rotatable bonds is 5. The first-order chi connectivity index (χ1) is 9.22. The summed E-state index contributed by atoms with van der Waals surface area (Å²) in [6.45, 7) is 4.63. The molecule has 0 bridgehead atoms. The quantitative estimate of drug-likeness (QED) is 0.784. The second-order valence-electron chi connectivity index (χ2n) is 4.08. The van der Waals surface area contributed by atoms with E-state index in [9.17, 15) is 0 Å². The predicted molar refractivity (Wildman–Crippen MR) is 75.4 cm³/mol. The summed E-state index contributed by atoms with van der Waals surface area (Å²) in [7, 11) is 0. The number of halogens is 1. The van der Waals surface area contributed by atoms with E-state index >= 15 is 0 Å². The van der Waals surface area contributed by atoms with Crippen molar-refractivity contribution >= 4 is 11.6 Å². The van der Waals surface area contributed by atoms with E-state index in [0.717, 1.165) is 35.7 Å². The van der Waals surface area contributed by atoms with Gasteiger partial charge in [0.15, 0.2) is 0 Å². The Morgan fingerprint density at radius 2 is 2.00 bits per heavy atom. The van der Waals surface area contributed by atoms with Crippen molar-refractivity contribution in [2.24, 2.45) is 0 Å². The summed E-state index contributed by atoms with van der Waals surface area (Å²) in [4.78, 5) is 12.9. The number of aryl methyl sites for hydroxylation is 1. The van der Waals surface area contributed by atoms with Crippen LogP contribution in [0.4, 0.5) is 0 Å². The van der Waals surface area contributed by atoms with Gasteiger partial charge >= 0.3 is 0 Å². The van der Waals surface area contributed by atoms with Crippen LogP contribution in [0.25, 0.3) is 11.3 Å². The van der Waals surface area contributed by atoms with Crippen LogP contribution in [0.3, 0.4) is 0 Å². The minimum absolute atomic E-state index is 0.454. The highest BCUT2D eigenvalue weighted by molar-refractivity contribution is 6.29. The fraction of sp³-hybridized carbons (Fsp3) is 0.357. The van der Waals surface area contributed by atoms with Gasteiger partial charge in [0.1, 0.15) is 16.7 Å². The highest BCUT2D eigenvalue weighted by Gasteiger charge is 2.07. The van der Waals surface area contributed by atoms with E-state index in [4.69, 9.17) is 16.3 Å². The Hall–Kier alpha value is -1.68. The number of ether oxygens (including phenoxy) is 1. The summed E-state index contributed by atoms with van der Waals surface area (Å²) >= 11 is 6.03. The molecule has 0 atom stereocenters. The molecule has 0 radical (unpaired) electrons. The van der Waals surface area contributed by atoms with Gasteiger partial charge in [-0.05, 0) is 19.4 Å². The van der Waals surface area contributed by atoms with Crippen molar-refractivity contribution in [1.29, 1.82) is 0 Å². The molecule has 19 heavy (non-hydrogen) atoms. The molecule has 4 nitrogen and oxygen atoms in total. The maximum Gasteiger partial charge on any atom is 0.138 e. The van der Waals surface area contributed by atoms with E-state index in [0.29, 0.717) is 11.8 Å². The smallest absolute Gasteiger partial charge is 0.138 e. The highest BCUT2D eigenvalue weighted by atomic mass is 35.5. The van der Waals surface area contributed by atoms with Crippen LogP contribution in [0.2, 0.25) is 5.15 Å². The maximum atomic E-state index is 6.03. The van der Waals surface area contributed by atoms with Gasteiger partial charge in [0, 0.05) is 24.2 Å². The van der Waals surface area contributed by atoms with Gasteiger partial charge in [-0.25, -0.2) is 9.97 Å². The fourth-order valence-corrected chi connectivity index (χ4v) is 1.95. The van der Waals surface area contributed by atoms with Crippen LogP contribution < -0.4 is 4.74 Å². The summed E-state index contributed by atoms with van der Waals surface area (Å²) in [5.41, 5.74) is 1.66. The van der Waals surface area contributed by atoms with Crippen LogP contribution in [0.1, 0.15) is 26.1 Å². The van der Waals surface area contributed by atoms with E-state index in [2.05, 4.69) is 21.9 Å². The van der Waals surface area contributed by atoms with Crippen LogP contribution in [-0.2, 0) is 6.42 Å². The molecule has 0 aliphatic heterocycles. The molecule has 5 heteroatoms. The van der Waals surface area contributed by atoms with Gasteiger partial charge in [-0.3, -0.25) is 4.98 Å². The molecular weight excluding hydrogens is 262 g/mol. The summed E-state index contributed by atoms with van der Waals surface area (Å²) < 4.78 is 5.44. The minimum Gasteiger partial charge on any atom is -0.492 e. The molecule has 0 aromatic carbocycles. The first kappa shape index (κ1) is 13.7. The Morgan fingerprint density at radius 3 is 2.74 bits per heavy atom. The molecule has 100 valence electrons. The lowest BCUT2D eigenvalue weighted by Gasteiger charge is -2.07. The van der Waals surface area contributed by atoms with E-state index in [1.54, 1.807) is 18.5 Å². The van der Waals surface area contributed by atoms with E-state index in [1.807, 2.05) is 13.0 Å². The lowest BCUT2D eigenvalue weighted by Crippen LogP contribution is -1.98. The fourth-order valence-electron chi connectivity index (χ4n) is 1.75. The molecule has 2 aromatic heterocycles. The van der Waals surface area contributed by atoms with Gasteiger partial charge in [-0.15, -0.1) is 0 Å². The molecule has 0 saturated carbocycles. The molecule has 0 N–H and O–H groups in total. The van der Waals surface area contributed by atoms with Crippen molar-refractivity contribution in [1.82, 2.24) is 15.0 Å². The topological polar surface area (TPSA) is 47.9 Å². The van der Waals surface area contributed by atoms with Gasteiger partial charge in [0.2, 0.25) is 0 Å². The zero-order chi connectivity index (χ0) is 13.7. The number of aromatic nitrogens is 3. The second kappa shape index (κ2) is 6.48. The normalized spacial score (nSPS) is 10.5. The van der Waals surface area contributed by atoms with Gasteiger partial charge < -0.3 is 4.74 Å². The summed E-state index contributed by atoms with van der Waals surface area (Å²) in [6, 6.07) is 3.65. The van der Waals surface area contributed by atoms with Crippen molar-refractivity contribution in [3.63, 3.8) is 0 Å². The Balaban J connectivity index is 2.37. The Kier molecular flexibility index (Phi) is 4.68. The zero-order valence-electron chi connectivity index (χ0n) is 11.1. The molecule has 0 fully saturated rings. The molecule has 0 amide bonds. The Bertz CT molecular complexity index is 560. The van der Waals surface area contributed by atoms with Crippen molar-refractivity contribution in [2.75, 3.05) is 6.61 Å². The molecule has 0 spiro atoms. The number of pyridine rings is 1. The third-order valence-electron chi connectivity index (χ3n) is 2.53. The zero-order valence-corrected chi connectivity index (χ0v) is 11.8. The Morgan fingerprint density at radius 1 is 1.16 bits per heavy atom. The monoisotopic (exact) mass is 277 g/mol. The maximum absolute atomic E-state index is 6.03. The van der Waals surface area contributed by atoms with Crippen molar-refractivity contribution < 1.29 is 4.74 Å². The van der Waals surface area contributed by atoms with Crippen LogP contribution in [0.15, 0.2) is 24.5 Å². The number of hydrogen-bond acceptors (Lipinski definition) is 4. The molecule has 0 aliphatic carbocycles. The summed E-state index contributed by atoms with van der Waals surface area (Å²) in [6.07, 6.45) is 5.23. The largest absolute Gasteiger partial charge is 0.492 e. The summed E-state index contributed by atoms with van der Waals surface area (Å²) in [5.74, 6) is 1.48. The average molecular weight is 278 g/mol. The SMILES string of the molecule is CCCc1nc(Cl)cc(-c2cncc(OCC)c2)n1. The van der Waals surface area contributed by atoms with Crippen molar-refractivity contribution in [2.45, 2.75) is 26.7 Å². The standard InChI is InChI=1S/C14H16ClN3O/c1-3-5-14-17-12(7-13(15)18-14)10-6-11(19-4-2)9-16-8-10/h6-9H,3-5H2,1-2H3. The van der Waals surface area contributed by atoms with E-state index in [1.165, 1.54) is 0 Å². The molecule has 0 saturated heterocycles. The van der Waals surface area contributed by atoms with E-state index in [-0.39, 0.29) is 0 Å². The first-order valence-corrected chi connectivity index (χ1v) is 6.72. The van der Waals surface area contributed by atoms with Gasteiger partial charge in [-0.2, -0.15) is 0 Å². The van der Waals surface area contributed by atoms with Crippen molar-refractivity contribution in [3.8, 4) is 17.0 Å². The summed E-state index contributed by atoms with van der Waals surface area (Å²) in [5, 5.41) is 0.454. The minimum atomic E-state index is 0.454. The second-order valence-corrected chi connectivity index (χ2v) is 4.47. The van der Waals surface area contributed by atoms with Gasteiger partial charge in [0.25, 0.3) is 0 Å². The van der Waals surface area contributed by atoms with Crippen LogP contribution in [0.5, 0.6) is 5.75 Å². The number of hydrogen-bond donors (Lipinski definition) is 0. The molecule has 2 heterocycles. The molecule has 0 aliphatic rings. The third kappa shape index (κ3) is 3.64. The van der Waals surface area contributed by atoms with Crippen LogP contribution in [-0.4, -0.2) is 21.6 Å². The number of nitrogens with zero attached hydrogens (tertiary/aromatic N) is 3. The molecular formula is C14H16ClN3O. The highest BCUT2D eigenvalue weighted by Crippen LogP contribution is 2.23. The van der Waals surface area contributed by atoms with Gasteiger partial charge in [0.05, 0.1) is 18.5 Å². The molecule has 0 unspecified atom stereocenters. The lowest BCUT2D eigenvalue weighted by molar-refractivity contribution is 0.339. The Labute approximate surface area is 117 Å². The van der Waals surface area contributed by atoms with Crippen molar-refractivity contribution in [3.05, 3.63) is 35.5 Å². The third-order valence-corrected chi connectivity index (χ3v) is 2.73. The lowest BCUT2D eigenvalue weighted by atomic mass is 10.2. The van der Waals surface area contributed by atoms with E-state index < -0.39 is 0 Å².